The fraction of sp³-hybridized carbons (Fsp3) is 1.00. The van der Waals surface area contributed by atoms with Crippen molar-refractivity contribution in [2.45, 2.75) is 24.1 Å². The molecule has 0 aliphatic heterocycles. The predicted molar refractivity (Wildman–Crippen MR) is 65.2 cm³/mol. The van der Waals surface area contributed by atoms with Crippen molar-refractivity contribution in [2.24, 2.45) is 0 Å². The van der Waals surface area contributed by atoms with E-state index < -0.39 is 23.3 Å². The molecule has 0 spiro atoms. The summed E-state index contributed by atoms with van der Waals surface area (Å²) in [7, 11) is -4.42. The van der Waals surface area contributed by atoms with Crippen molar-refractivity contribution >= 4 is 42.2 Å². The molecule has 0 saturated heterocycles. The molecule has 5 nitrogen and oxygen atoms in total. The van der Waals surface area contributed by atoms with Crippen LogP contribution in [0.1, 0.15) is 19.8 Å². The minimum Gasteiger partial charge on any atom is -0.616 e. The minimum absolute atomic E-state index is 0.139. The van der Waals surface area contributed by atoms with E-state index in [0.29, 0.717) is 6.42 Å². The third-order valence-corrected chi connectivity index (χ3v) is 4.86. The van der Waals surface area contributed by atoms with E-state index in [1.54, 1.807) is 6.92 Å². The maximum absolute atomic E-state index is 11.4. The summed E-state index contributed by atoms with van der Waals surface area (Å²) in [4.78, 5) is 16.8. The van der Waals surface area contributed by atoms with Gasteiger partial charge >= 0.3 is 7.82 Å². The Morgan fingerprint density at radius 2 is 2.06 bits per heavy atom. The average molecular weight is 313 g/mol. The van der Waals surface area contributed by atoms with E-state index in [1.165, 1.54) is 0 Å². The quantitative estimate of drug-likeness (QED) is 0.309. The van der Waals surface area contributed by atoms with Crippen LogP contribution in [0.5, 0.6) is 0 Å². The van der Waals surface area contributed by atoms with Crippen LogP contribution in [-0.2, 0) is 20.3 Å². The van der Waals surface area contributed by atoms with Gasteiger partial charge in [0.1, 0.15) is 11.5 Å². The highest BCUT2D eigenvalue weighted by molar-refractivity contribution is 7.91. The molecule has 98 valence electrons. The van der Waals surface area contributed by atoms with Crippen LogP contribution >= 0.6 is 31.0 Å². The molecule has 2 N–H and O–H groups in total. The molecule has 16 heavy (non-hydrogen) atoms. The van der Waals surface area contributed by atoms with Crippen LogP contribution in [0.3, 0.4) is 0 Å². The van der Waals surface area contributed by atoms with Crippen molar-refractivity contribution in [3.8, 4) is 0 Å². The number of hydrogen-bond donors (Lipinski definition) is 2. The molecule has 0 aromatic carbocycles. The summed E-state index contributed by atoms with van der Waals surface area (Å²) in [5.74, 6) is 0.393. The molecule has 0 rings (SSSR count). The van der Waals surface area contributed by atoms with E-state index in [4.69, 9.17) is 33.0 Å². The molecule has 0 aromatic rings. The third kappa shape index (κ3) is 10.2. The van der Waals surface area contributed by atoms with Crippen LogP contribution in [-0.4, -0.2) is 36.8 Å². The molecule has 0 aromatic heterocycles. The standard InChI is InChI=1S/C7H15Cl2O5PS/c1-2-7(8,9)6-16(13)5-3-4-14-15(10,11)12/h2-6H2,1H3,(H2,10,11,12). The predicted octanol–water partition coefficient (Wildman–Crippen LogP) is 1.82. The van der Waals surface area contributed by atoms with Gasteiger partial charge in [-0.1, -0.05) is 41.3 Å². The number of halogens is 2. The lowest BCUT2D eigenvalue weighted by Gasteiger charge is -2.19. The highest BCUT2D eigenvalue weighted by Crippen LogP contribution is 2.35. The monoisotopic (exact) mass is 312 g/mol. The number of rotatable bonds is 8. The maximum Gasteiger partial charge on any atom is 0.469 e. The summed E-state index contributed by atoms with van der Waals surface area (Å²) < 4.78 is 24.9. The summed E-state index contributed by atoms with van der Waals surface area (Å²) in [6.07, 6.45) is 0.770. The Hall–Kier alpha value is 1.000. The Morgan fingerprint density at radius 1 is 1.50 bits per heavy atom. The van der Waals surface area contributed by atoms with Gasteiger partial charge in [0, 0.05) is 6.42 Å². The van der Waals surface area contributed by atoms with Gasteiger partial charge in [-0.3, -0.25) is 4.52 Å². The average Bonchev–Trinajstić information content (AvgIpc) is 2.10. The second-order valence-electron chi connectivity index (χ2n) is 3.18. The van der Waals surface area contributed by atoms with Gasteiger partial charge in [0.05, 0.1) is 6.61 Å². The van der Waals surface area contributed by atoms with Crippen LogP contribution in [0.25, 0.3) is 0 Å². The molecule has 1 unspecified atom stereocenters. The Morgan fingerprint density at radius 3 is 2.50 bits per heavy atom. The normalized spacial score (nSPS) is 15.1. The fourth-order valence-corrected chi connectivity index (χ4v) is 3.17. The van der Waals surface area contributed by atoms with Gasteiger partial charge in [-0.2, -0.15) is 0 Å². The molecule has 0 saturated carbocycles. The van der Waals surface area contributed by atoms with Gasteiger partial charge in [0.15, 0.2) is 4.33 Å². The first kappa shape index (κ1) is 17.0. The van der Waals surface area contributed by atoms with E-state index in [2.05, 4.69) is 4.52 Å². The maximum atomic E-state index is 11.4. The van der Waals surface area contributed by atoms with Crippen LogP contribution in [0, 0.1) is 0 Å². The Bertz CT molecular complexity index is 247. The molecule has 1 atom stereocenters. The molecule has 0 radical (unpaired) electrons. The van der Waals surface area contributed by atoms with Gasteiger partial charge in [0.2, 0.25) is 0 Å². The van der Waals surface area contributed by atoms with Gasteiger partial charge in [-0.15, -0.1) is 0 Å². The highest BCUT2D eigenvalue weighted by atomic mass is 35.5. The van der Waals surface area contributed by atoms with Crippen molar-refractivity contribution in [1.29, 1.82) is 0 Å². The zero-order valence-electron chi connectivity index (χ0n) is 8.77. The van der Waals surface area contributed by atoms with E-state index in [0.717, 1.165) is 0 Å². The Balaban J connectivity index is 3.67. The Labute approximate surface area is 108 Å². The highest BCUT2D eigenvalue weighted by Gasteiger charge is 2.28. The Kier molecular flexibility index (Phi) is 7.90. The van der Waals surface area contributed by atoms with Gasteiger partial charge in [-0.25, -0.2) is 4.57 Å². The molecular weight excluding hydrogens is 298 g/mol. The van der Waals surface area contributed by atoms with Crippen LogP contribution in [0.2, 0.25) is 0 Å². The van der Waals surface area contributed by atoms with E-state index in [9.17, 15) is 9.12 Å². The van der Waals surface area contributed by atoms with Gasteiger partial charge in [0.25, 0.3) is 0 Å². The second kappa shape index (κ2) is 7.44. The number of hydrogen-bond acceptors (Lipinski definition) is 3. The van der Waals surface area contributed by atoms with Crippen LogP contribution in [0.15, 0.2) is 0 Å². The van der Waals surface area contributed by atoms with Crippen LogP contribution < -0.4 is 0 Å². The topological polar surface area (TPSA) is 89.8 Å². The fourth-order valence-electron chi connectivity index (χ4n) is 0.813. The summed E-state index contributed by atoms with van der Waals surface area (Å²) in [6, 6.07) is 0. The van der Waals surface area contributed by atoms with Crippen molar-refractivity contribution in [3.05, 3.63) is 0 Å². The largest absolute Gasteiger partial charge is 0.616 e. The SMILES string of the molecule is CCC(Cl)(Cl)C[S+]([O-])CCCOP(=O)(O)O. The van der Waals surface area contributed by atoms with E-state index >= 15 is 0 Å². The van der Waals surface area contributed by atoms with E-state index in [1.807, 2.05) is 0 Å². The summed E-state index contributed by atoms with van der Waals surface area (Å²) in [6.45, 7) is 1.65. The van der Waals surface area contributed by atoms with Crippen molar-refractivity contribution in [3.63, 3.8) is 0 Å². The van der Waals surface area contributed by atoms with E-state index in [-0.39, 0.29) is 24.5 Å². The third-order valence-electron chi connectivity index (χ3n) is 1.67. The zero-order valence-corrected chi connectivity index (χ0v) is 12.0. The minimum atomic E-state index is -4.42. The van der Waals surface area contributed by atoms with Gasteiger partial charge < -0.3 is 14.3 Å². The first-order valence-corrected chi connectivity index (χ1v) is 8.36. The zero-order chi connectivity index (χ0) is 12.8. The summed E-state index contributed by atoms with van der Waals surface area (Å²) in [5.41, 5.74) is 0. The van der Waals surface area contributed by atoms with Gasteiger partial charge in [-0.05, 0) is 6.42 Å². The molecule has 9 heteroatoms. The van der Waals surface area contributed by atoms with Crippen molar-refractivity contribution in [1.82, 2.24) is 0 Å². The second-order valence-corrected chi connectivity index (χ2v) is 7.63. The molecule has 0 amide bonds. The first-order valence-electron chi connectivity index (χ1n) is 4.59. The number of phosphoric ester groups is 1. The lowest BCUT2D eigenvalue weighted by molar-refractivity contribution is 0.197. The molecule has 0 fully saturated rings. The summed E-state index contributed by atoms with van der Waals surface area (Å²) in [5, 5.41) is 0. The smallest absolute Gasteiger partial charge is 0.469 e. The number of alkyl halides is 2. The molecule has 0 bridgehead atoms. The molecule has 0 aliphatic carbocycles. The lowest BCUT2D eigenvalue weighted by atomic mass is 10.4. The summed E-state index contributed by atoms with van der Waals surface area (Å²) >= 11 is 10.4. The van der Waals surface area contributed by atoms with Crippen molar-refractivity contribution < 1.29 is 23.4 Å². The molecule has 0 aliphatic rings. The molecule has 0 heterocycles. The van der Waals surface area contributed by atoms with Crippen molar-refractivity contribution in [2.75, 3.05) is 18.1 Å². The lowest BCUT2D eigenvalue weighted by Crippen LogP contribution is -2.27. The number of phosphoric acid groups is 1. The first-order chi connectivity index (χ1) is 7.16. The molecular formula is C7H15Cl2O5PS. The van der Waals surface area contributed by atoms with Crippen LogP contribution in [0.4, 0.5) is 0 Å².